The summed E-state index contributed by atoms with van der Waals surface area (Å²) < 4.78 is 1.64. The Kier molecular flexibility index (Phi) is 3.15. The van der Waals surface area contributed by atoms with E-state index in [1.54, 1.807) is 0 Å². The van der Waals surface area contributed by atoms with Gasteiger partial charge in [-0.2, -0.15) is 0 Å². The molecule has 1 nitrogen and oxygen atoms in total. The van der Waals surface area contributed by atoms with Crippen molar-refractivity contribution in [2.45, 2.75) is 41.6 Å². The normalized spacial score (nSPS) is 41.1. The van der Waals surface area contributed by atoms with Crippen LogP contribution < -0.4 is 0 Å². The third-order valence-corrected chi connectivity index (χ3v) is 17.2. The zero-order valence-corrected chi connectivity index (χ0v) is 13.1. The first-order chi connectivity index (χ1) is 6.48. The number of carbonyl (C=O) groups is 1. The maximum absolute atomic E-state index is 11.8. The van der Waals surface area contributed by atoms with E-state index in [4.69, 9.17) is 0 Å². The number of hydrogen-bond donors (Lipinski definition) is 1. The molecule has 2 heterocycles. The molecule has 0 aromatic rings. The third kappa shape index (κ3) is 2.11. The second kappa shape index (κ2) is 3.94. The topological polar surface area (TPSA) is 17.1 Å². The number of ketones is 1. The molecular weight excluding hydrogens is 364 g/mol. The van der Waals surface area contributed by atoms with E-state index in [0.29, 0.717) is 14.8 Å². The van der Waals surface area contributed by atoms with Gasteiger partial charge in [-0.05, 0) is 0 Å². The third-order valence-electron chi connectivity index (χ3n) is 3.14. The van der Waals surface area contributed by atoms with Gasteiger partial charge in [-0.15, -0.1) is 0 Å². The van der Waals surface area contributed by atoms with E-state index in [1.165, 1.54) is 17.9 Å². The molecule has 2 saturated heterocycles. The quantitative estimate of drug-likeness (QED) is 0.636. The Bertz CT molecular complexity index is 246. The van der Waals surface area contributed by atoms with E-state index in [1.807, 2.05) is 0 Å². The molecule has 0 aromatic heterocycles. The van der Waals surface area contributed by atoms with Gasteiger partial charge in [-0.1, -0.05) is 0 Å². The van der Waals surface area contributed by atoms with Crippen molar-refractivity contribution in [1.82, 2.24) is 0 Å². The summed E-state index contributed by atoms with van der Waals surface area (Å²) in [4.78, 5) is 11.8. The second-order valence-electron chi connectivity index (χ2n) is 5.41. The Morgan fingerprint density at radius 3 is 2.71 bits per heavy atom. The van der Waals surface area contributed by atoms with Gasteiger partial charge < -0.3 is 0 Å². The Morgan fingerprint density at radius 1 is 1.43 bits per heavy atom. The molecule has 2 fully saturated rings. The van der Waals surface area contributed by atoms with Crippen molar-refractivity contribution in [1.29, 1.82) is 0 Å². The van der Waals surface area contributed by atoms with Gasteiger partial charge in [0.2, 0.25) is 0 Å². The Labute approximate surface area is 98.3 Å². The maximum atomic E-state index is 11.8. The fourth-order valence-corrected chi connectivity index (χ4v) is 16.7. The Morgan fingerprint density at radius 2 is 2.14 bits per heavy atom. The molecule has 3 unspecified atom stereocenters. The average Bonchev–Trinajstić information content (AvgIpc) is 2.48. The fraction of sp³-hybridized carbons (Fsp3) is 0.909. The molecule has 82 valence electrons. The molecule has 0 aliphatic carbocycles. The summed E-state index contributed by atoms with van der Waals surface area (Å²) in [7, 11) is 0.162. The van der Waals surface area contributed by atoms with E-state index in [0.717, 1.165) is 10.7 Å². The van der Waals surface area contributed by atoms with E-state index in [-0.39, 0.29) is 29.5 Å². The summed E-state index contributed by atoms with van der Waals surface area (Å²) in [6, 6.07) is 0. The van der Waals surface area contributed by atoms with E-state index < -0.39 is 0 Å². The van der Waals surface area contributed by atoms with Gasteiger partial charge in [-0.3, -0.25) is 0 Å². The van der Waals surface area contributed by atoms with Crippen LogP contribution in [0.1, 0.15) is 33.6 Å². The first kappa shape index (κ1) is 11.2. The first-order valence-electron chi connectivity index (χ1n) is 5.41. The SMILES string of the molecule is CC(C)(C)[CH]1C[SH]2CCCC(=O)[CH]2[W]1. The molecule has 0 radical (unpaired) electrons. The van der Waals surface area contributed by atoms with Crippen LogP contribution in [0.2, 0.25) is 4.31 Å². The molecule has 3 heteroatoms. The van der Waals surface area contributed by atoms with Crippen LogP contribution >= 0.6 is 10.9 Å². The van der Waals surface area contributed by atoms with Gasteiger partial charge in [0.05, 0.1) is 0 Å². The molecular formula is C11H20OSW. The summed E-state index contributed by atoms with van der Waals surface area (Å²) >= 11 is -0.371. The minimum absolute atomic E-state index is 0.162. The number of thiol groups is 1. The zero-order chi connectivity index (χ0) is 10.3. The van der Waals surface area contributed by atoms with E-state index >= 15 is 0 Å². The number of rotatable bonds is 0. The first-order valence-corrected chi connectivity index (χ1v) is 10.6. The van der Waals surface area contributed by atoms with Gasteiger partial charge in [0.25, 0.3) is 0 Å². The Balaban J connectivity index is 2.08. The van der Waals surface area contributed by atoms with Crippen LogP contribution in [0.3, 0.4) is 0 Å². The summed E-state index contributed by atoms with van der Waals surface area (Å²) in [6.45, 7) is 7.11. The number of carbonyl (C=O) groups excluding carboxylic acids is 1. The van der Waals surface area contributed by atoms with Gasteiger partial charge in [-0.25, -0.2) is 0 Å². The van der Waals surface area contributed by atoms with Crippen molar-refractivity contribution in [3.8, 4) is 0 Å². The molecule has 3 atom stereocenters. The molecule has 0 aromatic carbocycles. The van der Waals surface area contributed by atoms with Crippen LogP contribution in [0.4, 0.5) is 0 Å². The molecule has 2 rings (SSSR count). The molecule has 0 spiro atoms. The molecule has 0 saturated carbocycles. The van der Waals surface area contributed by atoms with Crippen molar-refractivity contribution in [2.75, 3.05) is 11.5 Å². The van der Waals surface area contributed by atoms with Gasteiger partial charge in [0.15, 0.2) is 0 Å². The minimum atomic E-state index is -0.371. The molecule has 0 bridgehead atoms. The van der Waals surface area contributed by atoms with E-state index in [9.17, 15) is 4.79 Å². The summed E-state index contributed by atoms with van der Waals surface area (Å²) in [6.07, 6.45) is 2.12. The van der Waals surface area contributed by atoms with Gasteiger partial charge in [0, 0.05) is 0 Å². The summed E-state index contributed by atoms with van der Waals surface area (Å²) in [5.41, 5.74) is 0.491. The monoisotopic (exact) mass is 384 g/mol. The number of fused-ring (bicyclic) bond motifs is 1. The second-order valence-corrected chi connectivity index (χ2v) is 14.0. The standard InChI is InChI=1S/C11H20OS.W/c1-11(2,3)6-8-13-7-4-5-10(12)9-13;/h6,9,13H,4-5,7-8H2,1-3H3;. The van der Waals surface area contributed by atoms with Crippen LogP contribution in [-0.2, 0) is 23.4 Å². The molecule has 2 aliphatic heterocycles. The van der Waals surface area contributed by atoms with Crippen molar-refractivity contribution in [2.24, 2.45) is 5.41 Å². The number of Topliss-reactive ketones (excluding diaryl/α,β-unsaturated/α-hetero) is 1. The van der Waals surface area contributed by atoms with Gasteiger partial charge >= 0.3 is 98.5 Å². The fourth-order valence-electron chi connectivity index (χ4n) is 2.14. The van der Waals surface area contributed by atoms with Gasteiger partial charge in [0.1, 0.15) is 0 Å². The van der Waals surface area contributed by atoms with Crippen molar-refractivity contribution < 1.29 is 23.4 Å². The molecule has 0 N–H and O–H groups in total. The molecule has 14 heavy (non-hydrogen) atoms. The summed E-state index contributed by atoms with van der Waals surface area (Å²) in [5, 5.41) is 0. The predicted octanol–water partition coefficient (Wildman–Crippen LogP) is 2.61. The van der Waals surface area contributed by atoms with Crippen molar-refractivity contribution >= 4 is 16.7 Å². The molecule has 2 aliphatic rings. The van der Waals surface area contributed by atoms with Crippen LogP contribution in [0, 0.1) is 5.41 Å². The number of hydrogen-bond acceptors (Lipinski definition) is 1. The Hall–Kier alpha value is 0.708. The molecule has 0 amide bonds. The van der Waals surface area contributed by atoms with Crippen LogP contribution in [0.5, 0.6) is 0 Å². The van der Waals surface area contributed by atoms with Crippen molar-refractivity contribution in [3.05, 3.63) is 0 Å². The average molecular weight is 384 g/mol. The van der Waals surface area contributed by atoms with E-state index in [2.05, 4.69) is 20.8 Å². The zero-order valence-electron chi connectivity index (χ0n) is 9.25. The van der Waals surface area contributed by atoms with Crippen LogP contribution in [-0.4, -0.2) is 20.9 Å². The van der Waals surface area contributed by atoms with Crippen LogP contribution in [0.15, 0.2) is 0 Å². The summed E-state index contributed by atoms with van der Waals surface area (Å²) in [5.74, 6) is 3.53. The predicted molar refractivity (Wildman–Crippen MR) is 60.0 cm³/mol. The van der Waals surface area contributed by atoms with Crippen molar-refractivity contribution in [3.63, 3.8) is 0 Å². The van der Waals surface area contributed by atoms with Crippen LogP contribution in [0.25, 0.3) is 0 Å².